The summed E-state index contributed by atoms with van der Waals surface area (Å²) in [6.45, 7) is 8.42. The molecule has 0 amide bonds. The molecule has 0 aliphatic carbocycles. The van der Waals surface area contributed by atoms with Crippen LogP contribution in [0, 0.1) is 0 Å². The predicted octanol–water partition coefficient (Wildman–Crippen LogP) is 3.98. The molecule has 0 fully saturated rings. The predicted molar refractivity (Wildman–Crippen MR) is 84.1 cm³/mol. The van der Waals surface area contributed by atoms with E-state index in [0.29, 0.717) is 17.8 Å². The quantitative estimate of drug-likeness (QED) is 0.742. The van der Waals surface area contributed by atoms with Crippen molar-refractivity contribution in [2.75, 3.05) is 20.3 Å². The van der Waals surface area contributed by atoms with Crippen molar-refractivity contribution in [1.29, 1.82) is 0 Å². The van der Waals surface area contributed by atoms with Gasteiger partial charge in [0.15, 0.2) is 0 Å². The molecule has 1 atom stereocenters. The minimum absolute atomic E-state index is 0.328. The monoisotopic (exact) mass is 279 g/mol. The number of phenols is 1. The molecule has 3 nitrogen and oxygen atoms in total. The van der Waals surface area contributed by atoms with Gasteiger partial charge in [-0.15, -0.1) is 0 Å². The minimum Gasteiger partial charge on any atom is -0.508 e. The zero-order chi connectivity index (χ0) is 15.0. The third kappa shape index (κ3) is 4.50. The van der Waals surface area contributed by atoms with Crippen LogP contribution in [-0.4, -0.2) is 36.3 Å². The van der Waals surface area contributed by atoms with Gasteiger partial charge in [-0.05, 0) is 37.0 Å². The minimum atomic E-state index is 0.328. The van der Waals surface area contributed by atoms with Crippen LogP contribution >= 0.6 is 0 Å². The molecule has 20 heavy (non-hydrogen) atoms. The summed E-state index contributed by atoms with van der Waals surface area (Å²) >= 11 is 0. The fraction of sp³-hybridized carbons (Fsp3) is 0.647. The first-order valence-corrected chi connectivity index (χ1v) is 7.71. The highest BCUT2D eigenvalue weighted by Gasteiger charge is 2.24. The Morgan fingerprint density at radius 1 is 1.05 bits per heavy atom. The van der Waals surface area contributed by atoms with Crippen LogP contribution in [0.4, 0.5) is 0 Å². The highest BCUT2D eigenvalue weighted by Crippen LogP contribution is 2.29. The van der Waals surface area contributed by atoms with E-state index in [1.807, 2.05) is 12.1 Å². The second kappa shape index (κ2) is 8.98. The largest absolute Gasteiger partial charge is 0.508 e. The molecule has 114 valence electrons. The lowest BCUT2D eigenvalue weighted by Crippen LogP contribution is -2.39. The van der Waals surface area contributed by atoms with Gasteiger partial charge in [0, 0.05) is 25.7 Å². The highest BCUT2D eigenvalue weighted by molar-refractivity contribution is 5.28. The Morgan fingerprint density at radius 3 is 2.10 bits per heavy atom. The van der Waals surface area contributed by atoms with E-state index in [0.717, 1.165) is 32.4 Å². The van der Waals surface area contributed by atoms with E-state index in [1.54, 1.807) is 19.2 Å². The van der Waals surface area contributed by atoms with E-state index >= 15 is 0 Å². The van der Waals surface area contributed by atoms with Gasteiger partial charge in [0.2, 0.25) is 0 Å². The molecule has 1 aromatic carbocycles. The third-order valence-corrected chi connectivity index (χ3v) is 4.03. The summed E-state index contributed by atoms with van der Waals surface area (Å²) in [5, 5.41) is 9.46. The van der Waals surface area contributed by atoms with Gasteiger partial charge in [-0.2, -0.15) is 0 Å². The summed E-state index contributed by atoms with van der Waals surface area (Å²) in [4.78, 5) is 2.55. The van der Waals surface area contributed by atoms with Crippen LogP contribution in [0.5, 0.6) is 5.75 Å². The summed E-state index contributed by atoms with van der Waals surface area (Å²) < 4.78 is 5.28. The molecule has 1 rings (SSSR count). The SMILES string of the molecule is CCC(CC)N(CCOC)C(CC)c1ccc(O)cc1. The number of methoxy groups -OCH3 is 1. The zero-order valence-electron chi connectivity index (χ0n) is 13.3. The number of nitrogens with zero attached hydrogens (tertiary/aromatic N) is 1. The van der Waals surface area contributed by atoms with Crippen LogP contribution < -0.4 is 0 Å². The lowest BCUT2D eigenvalue weighted by molar-refractivity contribution is 0.0770. The average molecular weight is 279 g/mol. The Kier molecular flexibility index (Phi) is 7.63. The van der Waals surface area contributed by atoms with Crippen molar-refractivity contribution in [1.82, 2.24) is 4.90 Å². The van der Waals surface area contributed by atoms with Crippen molar-refractivity contribution in [3.63, 3.8) is 0 Å². The summed E-state index contributed by atoms with van der Waals surface area (Å²) in [6, 6.07) is 8.58. The molecule has 0 aromatic heterocycles. The van der Waals surface area contributed by atoms with Gasteiger partial charge in [-0.1, -0.05) is 32.9 Å². The lowest BCUT2D eigenvalue weighted by Gasteiger charge is -2.37. The van der Waals surface area contributed by atoms with E-state index in [9.17, 15) is 5.11 Å². The van der Waals surface area contributed by atoms with Crippen LogP contribution in [0.15, 0.2) is 24.3 Å². The summed E-state index contributed by atoms with van der Waals surface area (Å²) in [6.07, 6.45) is 3.36. The molecule has 0 saturated heterocycles. The Bertz CT molecular complexity index is 360. The molecule has 0 aliphatic rings. The number of phenolic OH excluding ortho intramolecular Hbond substituents is 1. The van der Waals surface area contributed by atoms with Crippen LogP contribution in [-0.2, 0) is 4.74 Å². The molecular formula is C17H29NO2. The topological polar surface area (TPSA) is 32.7 Å². The molecule has 1 aromatic rings. The maximum absolute atomic E-state index is 9.46. The Morgan fingerprint density at radius 2 is 1.65 bits per heavy atom. The first-order valence-electron chi connectivity index (χ1n) is 7.71. The van der Waals surface area contributed by atoms with E-state index in [1.165, 1.54) is 5.56 Å². The van der Waals surface area contributed by atoms with Gasteiger partial charge >= 0.3 is 0 Å². The van der Waals surface area contributed by atoms with Crippen molar-refractivity contribution in [3.8, 4) is 5.75 Å². The fourth-order valence-corrected chi connectivity index (χ4v) is 2.91. The molecule has 0 spiro atoms. The van der Waals surface area contributed by atoms with Crippen molar-refractivity contribution < 1.29 is 9.84 Å². The zero-order valence-corrected chi connectivity index (χ0v) is 13.3. The standard InChI is InChI=1S/C17H29NO2/c1-5-15(6-2)18(12-13-20-4)17(7-3)14-8-10-16(19)11-9-14/h8-11,15,17,19H,5-7,12-13H2,1-4H3. The van der Waals surface area contributed by atoms with Crippen molar-refractivity contribution in [2.45, 2.75) is 52.1 Å². The normalized spacial score (nSPS) is 13.1. The maximum Gasteiger partial charge on any atom is 0.115 e. The van der Waals surface area contributed by atoms with Gasteiger partial charge < -0.3 is 9.84 Å². The Labute approximate surface area is 123 Å². The van der Waals surface area contributed by atoms with Gasteiger partial charge in [-0.3, -0.25) is 4.90 Å². The number of rotatable bonds is 9. The number of hydrogen-bond acceptors (Lipinski definition) is 3. The van der Waals surface area contributed by atoms with Crippen LogP contribution in [0.1, 0.15) is 51.6 Å². The Balaban J connectivity index is 2.96. The van der Waals surface area contributed by atoms with E-state index in [4.69, 9.17) is 4.74 Å². The van der Waals surface area contributed by atoms with Crippen molar-refractivity contribution >= 4 is 0 Å². The Hall–Kier alpha value is -1.06. The summed E-state index contributed by atoms with van der Waals surface area (Å²) in [5.74, 6) is 0.328. The van der Waals surface area contributed by atoms with Crippen LogP contribution in [0.2, 0.25) is 0 Å². The molecule has 0 bridgehead atoms. The molecule has 0 saturated carbocycles. The average Bonchev–Trinajstić information content (AvgIpc) is 2.47. The molecule has 3 heteroatoms. The molecular weight excluding hydrogens is 250 g/mol. The fourth-order valence-electron chi connectivity index (χ4n) is 2.91. The van der Waals surface area contributed by atoms with Gasteiger partial charge in [0.05, 0.1) is 6.61 Å². The first-order chi connectivity index (χ1) is 9.67. The van der Waals surface area contributed by atoms with E-state index in [2.05, 4.69) is 25.7 Å². The van der Waals surface area contributed by atoms with Gasteiger partial charge in [0.1, 0.15) is 5.75 Å². The maximum atomic E-state index is 9.46. The lowest BCUT2D eigenvalue weighted by atomic mass is 9.98. The number of benzene rings is 1. The number of ether oxygens (including phenoxy) is 1. The molecule has 1 unspecified atom stereocenters. The number of hydrogen-bond donors (Lipinski definition) is 1. The van der Waals surface area contributed by atoms with E-state index in [-0.39, 0.29) is 0 Å². The van der Waals surface area contributed by atoms with Crippen LogP contribution in [0.3, 0.4) is 0 Å². The van der Waals surface area contributed by atoms with Crippen LogP contribution in [0.25, 0.3) is 0 Å². The second-order valence-electron chi connectivity index (χ2n) is 5.22. The van der Waals surface area contributed by atoms with Crippen molar-refractivity contribution in [2.24, 2.45) is 0 Å². The van der Waals surface area contributed by atoms with Gasteiger partial charge in [0.25, 0.3) is 0 Å². The van der Waals surface area contributed by atoms with E-state index < -0.39 is 0 Å². The van der Waals surface area contributed by atoms with Gasteiger partial charge in [-0.25, -0.2) is 0 Å². The summed E-state index contributed by atoms with van der Waals surface area (Å²) in [7, 11) is 1.76. The van der Waals surface area contributed by atoms with Crippen molar-refractivity contribution in [3.05, 3.63) is 29.8 Å². The third-order valence-electron chi connectivity index (χ3n) is 4.03. The smallest absolute Gasteiger partial charge is 0.115 e. The molecule has 0 heterocycles. The number of aromatic hydroxyl groups is 1. The molecule has 0 aliphatic heterocycles. The second-order valence-corrected chi connectivity index (χ2v) is 5.22. The summed E-state index contributed by atoms with van der Waals surface area (Å²) in [5.41, 5.74) is 1.27. The molecule has 1 N–H and O–H groups in total. The highest BCUT2D eigenvalue weighted by atomic mass is 16.5. The molecule has 0 radical (unpaired) electrons. The first kappa shape index (κ1) is 17.0.